The van der Waals surface area contributed by atoms with Gasteiger partial charge in [-0.2, -0.15) is 0 Å². The van der Waals surface area contributed by atoms with Crippen LogP contribution in [-0.2, 0) is 0 Å². The highest BCUT2D eigenvalue weighted by Gasteiger charge is 1.88. The number of aliphatic hydroxyl groups is 2. The Morgan fingerprint density at radius 2 is 1.25 bits per heavy atom. The van der Waals surface area contributed by atoms with E-state index in [4.69, 9.17) is 10.2 Å². The Bertz CT molecular complexity index is 128. The molecule has 0 radical (unpaired) electrons. The van der Waals surface area contributed by atoms with Crippen LogP contribution in [0.2, 0.25) is 0 Å². The van der Waals surface area contributed by atoms with Gasteiger partial charge in [-0.25, -0.2) is 0 Å². The van der Waals surface area contributed by atoms with Crippen molar-refractivity contribution < 1.29 is 10.2 Å². The molecule has 0 bridgehead atoms. The van der Waals surface area contributed by atoms with Crippen molar-refractivity contribution in [2.45, 2.75) is 38.9 Å². The number of allylic oxidation sites excluding steroid dienone is 2. The number of rotatable bonds is 5. The van der Waals surface area contributed by atoms with Crippen molar-refractivity contribution in [3.8, 4) is 0 Å². The SMILES string of the molecule is CC(O)CC=CC=CC[C@H](C)O. The summed E-state index contributed by atoms with van der Waals surface area (Å²) in [5, 5.41) is 17.8. The molecule has 2 nitrogen and oxygen atoms in total. The van der Waals surface area contributed by atoms with Crippen LogP contribution >= 0.6 is 0 Å². The van der Waals surface area contributed by atoms with Crippen LogP contribution < -0.4 is 0 Å². The van der Waals surface area contributed by atoms with E-state index < -0.39 is 0 Å². The summed E-state index contributed by atoms with van der Waals surface area (Å²) in [7, 11) is 0. The standard InChI is InChI=1S/C10H18O2/c1-9(11)7-5-3-4-6-8-10(2)12/h3-6,9-12H,7-8H2,1-2H3/t9-,10?/m0/s1. The van der Waals surface area contributed by atoms with Gasteiger partial charge in [0.25, 0.3) is 0 Å². The summed E-state index contributed by atoms with van der Waals surface area (Å²) in [6, 6.07) is 0. The topological polar surface area (TPSA) is 40.5 Å². The van der Waals surface area contributed by atoms with Crippen LogP contribution in [-0.4, -0.2) is 22.4 Å². The zero-order valence-electron chi connectivity index (χ0n) is 7.77. The van der Waals surface area contributed by atoms with Crippen LogP contribution in [0.4, 0.5) is 0 Å². The van der Waals surface area contributed by atoms with Gasteiger partial charge in [0.1, 0.15) is 0 Å². The quantitative estimate of drug-likeness (QED) is 0.616. The maximum Gasteiger partial charge on any atom is 0.0546 e. The number of aliphatic hydroxyl groups excluding tert-OH is 2. The van der Waals surface area contributed by atoms with Crippen molar-refractivity contribution in [2.24, 2.45) is 0 Å². The fraction of sp³-hybridized carbons (Fsp3) is 0.600. The molecule has 0 aromatic carbocycles. The minimum Gasteiger partial charge on any atom is -0.393 e. The smallest absolute Gasteiger partial charge is 0.0546 e. The van der Waals surface area contributed by atoms with E-state index in [1.807, 2.05) is 24.3 Å². The Labute approximate surface area is 74.2 Å². The highest BCUT2D eigenvalue weighted by Crippen LogP contribution is 1.93. The molecule has 2 atom stereocenters. The highest BCUT2D eigenvalue weighted by atomic mass is 16.3. The van der Waals surface area contributed by atoms with Gasteiger partial charge in [-0.05, 0) is 26.7 Å². The lowest BCUT2D eigenvalue weighted by Crippen LogP contribution is -1.95. The second kappa shape index (κ2) is 7.07. The molecule has 0 spiro atoms. The normalized spacial score (nSPS) is 17.3. The molecular formula is C10H18O2. The average molecular weight is 170 g/mol. The van der Waals surface area contributed by atoms with Crippen molar-refractivity contribution in [2.75, 3.05) is 0 Å². The van der Waals surface area contributed by atoms with E-state index in [1.165, 1.54) is 0 Å². The van der Waals surface area contributed by atoms with E-state index >= 15 is 0 Å². The molecule has 0 saturated heterocycles. The van der Waals surface area contributed by atoms with Crippen molar-refractivity contribution in [1.82, 2.24) is 0 Å². The lowest BCUT2D eigenvalue weighted by molar-refractivity contribution is 0.197. The molecule has 70 valence electrons. The molecule has 0 aliphatic heterocycles. The molecule has 0 amide bonds. The first-order chi connectivity index (χ1) is 5.63. The largest absolute Gasteiger partial charge is 0.393 e. The molecule has 2 N–H and O–H groups in total. The molecule has 0 rings (SSSR count). The first-order valence-corrected chi connectivity index (χ1v) is 4.30. The summed E-state index contributed by atoms with van der Waals surface area (Å²) in [4.78, 5) is 0. The molecule has 0 saturated carbocycles. The third kappa shape index (κ3) is 9.40. The first kappa shape index (κ1) is 11.4. The summed E-state index contributed by atoms with van der Waals surface area (Å²) in [5.41, 5.74) is 0. The van der Waals surface area contributed by atoms with E-state index in [0.717, 1.165) is 0 Å². The van der Waals surface area contributed by atoms with Gasteiger partial charge in [0.2, 0.25) is 0 Å². The van der Waals surface area contributed by atoms with Gasteiger partial charge in [0.15, 0.2) is 0 Å². The maximum atomic E-state index is 8.88. The van der Waals surface area contributed by atoms with E-state index in [2.05, 4.69) is 0 Å². The zero-order chi connectivity index (χ0) is 9.40. The molecule has 0 fully saturated rings. The van der Waals surface area contributed by atoms with Crippen molar-refractivity contribution >= 4 is 0 Å². The molecule has 2 heteroatoms. The Morgan fingerprint density at radius 3 is 1.50 bits per heavy atom. The van der Waals surface area contributed by atoms with Gasteiger partial charge < -0.3 is 10.2 Å². The molecule has 0 aromatic heterocycles. The third-order valence-corrected chi connectivity index (χ3v) is 1.34. The summed E-state index contributed by atoms with van der Waals surface area (Å²) in [6.07, 6.45) is 8.40. The van der Waals surface area contributed by atoms with Crippen LogP contribution in [0.25, 0.3) is 0 Å². The molecule has 0 aromatic rings. The van der Waals surface area contributed by atoms with Crippen molar-refractivity contribution in [3.05, 3.63) is 24.3 Å². The van der Waals surface area contributed by atoms with E-state index in [-0.39, 0.29) is 12.2 Å². The Morgan fingerprint density at radius 1 is 0.917 bits per heavy atom. The van der Waals surface area contributed by atoms with Gasteiger partial charge in [0, 0.05) is 0 Å². The monoisotopic (exact) mass is 170 g/mol. The van der Waals surface area contributed by atoms with Crippen molar-refractivity contribution in [3.63, 3.8) is 0 Å². The maximum absolute atomic E-state index is 8.88. The molecule has 1 unspecified atom stereocenters. The zero-order valence-corrected chi connectivity index (χ0v) is 7.77. The van der Waals surface area contributed by atoms with E-state index in [1.54, 1.807) is 13.8 Å². The number of hydrogen-bond acceptors (Lipinski definition) is 2. The summed E-state index contributed by atoms with van der Waals surface area (Å²) in [6.45, 7) is 3.51. The lowest BCUT2D eigenvalue weighted by atomic mass is 10.2. The van der Waals surface area contributed by atoms with Crippen LogP contribution in [0, 0.1) is 0 Å². The summed E-state index contributed by atoms with van der Waals surface area (Å²) in [5.74, 6) is 0. The molecule has 0 heterocycles. The molecular weight excluding hydrogens is 152 g/mol. The predicted molar refractivity (Wildman–Crippen MR) is 50.9 cm³/mol. The van der Waals surface area contributed by atoms with Crippen molar-refractivity contribution in [1.29, 1.82) is 0 Å². The van der Waals surface area contributed by atoms with Gasteiger partial charge in [0.05, 0.1) is 12.2 Å². The van der Waals surface area contributed by atoms with Gasteiger partial charge in [-0.15, -0.1) is 0 Å². The summed E-state index contributed by atoms with van der Waals surface area (Å²) < 4.78 is 0. The molecule has 12 heavy (non-hydrogen) atoms. The predicted octanol–water partition coefficient (Wildman–Crippen LogP) is 1.64. The van der Waals surface area contributed by atoms with E-state index in [9.17, 15) is 0 Å². The Kier molecular flexibility index (Phi) is 6.72. The van der Waals surface area contributed by atoms with Gasteiger partial charge in [-0.1, -0.05) is 24.3 Å². The minimum absolute atomic E-state index is 0.272. The second-order valence-electron chi connectivity index (χ2n) is 3.03. The highest BCUT2D eigenvalue weighted by molar-refractivity contribution is 5.02. The van der Waals surface area contributed by atoms with Gasteiger partial charge in [-0.3, -0.25) is 0 Å². The Hall–Kier alpha value is -0.600. The summed E-state index contributed by atoms with van der Waals surface area (Å²) >= 11 is 0. The average Bonchev–Trinajstić information content (AvgIpc) is 1.95. The Balaban J connectivity index is 3.39. The number of hydrogen-bond donors (Lipinski definition) is 2. The lowest BCUT2D eigenvalue weighted by Gasteiger charge is -1.95. The molecule has 0 aliphatic rings. The van der Waals surface area contributed by atoms with Crippen LogP contribution in [0.1, 0.15) is 26.7 Å². The van der Waals surface area contributed by atoms with E-state index in [0.29, 0.717) is 12.8 Å². The van der Waals surface area contributed by atoms with Gasteiger partial charge >= 0.3 is 0 Å². The minimum atomic E-state index is -0.272. The van der Waals surface area contributed by atoms with Crippen LogP contribution in [0.15, 0.2) is 24.3 Å². The second-order valence-corrected chi connectivity index (χ2v) is 3.03. The molecule has 0 aliphatic carbocycles. The first-order valence-electron chi connectivity index (χ1n) is 4.30. The van der Waals surface area contributed by atoms with Crippen LogP contribution in [0.3, 0.4) is 0 Å². The fourth-order valence-electron chi connectivity index (χ4n) is 0.708. The fourth-order valence-corrected chi connectivity index (χ4v) is 0.708. The van der Waals surface area contributed by atoms with Crippen LogP contribution in [0.5, 0.6) is 0 Å². The third-order valence-electron chi connectivity index (χ3n) is 1.34.